The van der Waals surface area contributed by atoms with E-state index in [1.54, 1.807) is 0 Å². The van der Waals surface area contributed by atoms with Crippen LogP contribution in [0.4, 0.5) is 0 Å². The van der Waals surface area contributed by atoms with Crippen LogP contribution in [-0.2, 0) is 4.79 Å². The van der Waals surface area contributed by atoms with E-state index in [1.807, 2.05) is 0 Å². The number of halogens is 1. The molecule has 0 saturated heterocycles. The molecule has 7 heteroatoms. The molecule has 0 fully saturated rings. The molecule has 0 heterocycles. The highest BCUT2D eigenvalue weighted by Crippen LogP contribution is 2.25. The third kappa shape index (κ3) is 5.00. The predicted molar refractivity (Wildman–Crippen MR) is 73.6 cm³/mol. The lowest BCUT2D eigenvalue weighted by Crippen LogP contribution is -2.14. The molecule has 0 aliphatic heterocycles. The van der Waals surface area contributed by atoms with Crippen LogP contribution in [0.2, 0.25) is 5.02 Å². The van der Waals surface area contributed by atoms with Gasteiger partial charge in [-0.25, -0.2) is 4.79 Å². The molecule has 19 heavy (non-hydrogen) atoms. The number of hydrogen-bond acceptors (Lipinski definition) is 4. The number of thiol groups is 1. The molecule has 0 aliphatic rings. The maximum Gasteiger partial charge on any atom is 0.335 e. The van der Waals surface area contributed by atoms with Gasteiger partial charge in [0.25, 0.3) is 0 Å². The highest BCUT2D eigenvalue weighted by atomic mass is 35.5. The Bertz CT molecular complexity index is 477. The first kappa shape index (κ1) is 15.7. The van der Waals surface area contributed by atoms with Crippen molar-refractivity contribution in [3.63, 3.8) is 0 Å². The third-order valence-electron chi connectivity index (χ3n) is 2.34. The molecule has 1 atom stereocenters. The van der Waals surface area contributed by atoms with Crippen molar-refractivity contribution in [1.29, 1.82) is 0 Å². The Kier molecular flexibility index (Phi) is 5.98. The number of aromatic carboxylic acids is 1. The molecule has 104 valence electrons. The summed E-state index contributed by atoms with van der Waals surface area (Å²) in [5, 5.41) is 17.0. The van der Waals surface area contributed by atoms with E-state index in [-0.39, 0.29) is 17.9 Å². The molecule has 0 saturated carbocycles. The molecule has 0 aromatic heterocycles. The van der Waals surface area contributed by atoms with E-state index in [2.05, 4.69) is 12.6 Å². The molecule has 0 radical (unpaired) electrons. The Hall–Kier alpha value is -1.40. The first-order valence-electron chi connectivity index (χ1n) is 5.48. The number of rotatable bonds is 7. The highest BCUT2D eigenvalue weighted by Gasteiger charge is 2.12. The zero-order chi connectivity index (χ0) is 14.4. The Balaban J connectivity index is 2.51. The van der Waals surface area contributed by atoms with E-state index < -0.39 is 17.2 Å². The van der Waals surface area contributed by atoms with Crippen LogP contribution < -0.4 is 4.74 Å². The fraction of sp³-hybridized carbons (Fsp3) is 0.333. The van der Waals surface area contributed by atoms with Crippen LogP contribution in [0.1, 0.15) is 23.2 Å². The van der Waals surface area contributed by atoms with Crippen molar-refractivity contribution >= 4 is 36.2 Å². The average Bonchev–Trinajstić information content (AvgIpc) is 2.35. The topological polar surface area (TPSA) is 83.8 Å². The predicted octanol–water partition coefficient (Wildman–Crippen LogP) is 2.58. The molecule has 0 spiro atoms. The molecular weight excluding hydrogens is 292 g/mol. The van der Waals surface area contributed by atoms with E-state index in [4.69, 9.17) is 26.6 Å². The van der Waals surface area contributed by atoms with Gasteiger partial charge in [0.2, 0.25) is 0 Å². The number of ether oxygens (including phenoxy) is 1. The van der Waals surface area contributed by atoms with Gasteiger partial charge in [0.1, 0.15) is 5.75 Å². The number of carboxylic acid groups (broad SMARTS) is 2. The molecule has 1 aromatic carbocycles. The van der Waals surface area contributed by atoms with Crippen LogP contribution in [0, 0.1) is 0 Å². The van der Waals surface area contributed by atoms with E-state index >= 15 is 0 Å². The van der Waals surface area contributed by atoms with E-state index in [9.17, 15) is 9.59 Å². The van der Waals surface area contributed by atoms with Gasteiger partial charge in [-0.3, -0.25) is 4.79 Å². The fourth-order valence-electron chi connectivity index (χ4n) is 1.33. The third-order valence-corrected chi connectivity index (χ3v) is 3.13. The van der Waals surface area contributed by atoms with Crippen LogP contribution in [0.3, 0.4) is 0 Å². The highest BCUT2D eigenvalue weighted by molar-refractivity contribution is 7.81. The van der Waals surface area contributed by atoms with E-state index in [0.29, 0.717) is 17.9 Å². The number of carbonyl (C=O) groups is 2. The maximum absolute atomic E-state index is 10.8. The smallest absolute Gasteiger partial charge is 0.335 e. The largest absolute Gasteiger partial charge is 0.492 e. The fourth-order valence-corrected chi connectivity index (χ4v) is 1.68. The second-order valence-electron chi connectivity index (χ2n) is 3.80. The quantitative estimate of drug-likeness (QED) is 0.532. The number of aliphatic carboxylic acids is 1. The Morgan fingerprint density at radius 2 is 2.05 bits per heavy atom. The van der Waals surface area contributed by atoms with Crippen LogP contribution in [0.15, 0.2) is 18.2 Å². The summed E-state index contributed by atoms with van der Waals surface area (Å²) in [5.74, 6) is -1.77. The van der Waals surface area contributed by atoms with E-state index in [1.165, 1.54) is 18.2 Å². The van der Waals surface area contributed by atoms with Crippen molar-refractivity contribution in [3.8, 4) is 5.75 Å². The summed E-state index contributed by atoms with van der Waals surface area (Å²) in [6.45, 7) is 0.243. The van der Waals surface area contributed by atoms with Crippen molar-refractivity contribution in [3.05, 3.63) is 28.8 Å². The van der Waals surface area contributed by atoms with Crippen molar-refractivity contribution in [1.82, 2.24) is 0 Å². The van der Waals surface area contributed by atoms with Gasteiger partial charge in [0.05, 0.1) is 22.4 Å². The summed E-state index contributed by atoms with van der Waals surface area (Å²) in [6.07, 6.45) is 0.836. The van der Waals surface area contributed by atoms with Crippen molar-refractivity contribution < 1.29 is 24.5 Å². The number of carboxylic acids is 2. The van der Waals surface area contributed by atoms with Gasteiger partial charge in [0, 0.05) is 0 Å². The molecule has 0 amide bonds. The molecule has 1 aromatic rings. The first-order valence-corrected chi connectivity index (χ1v) is 6.37. The van der Waals surface area contributed by atoms with Crippen molar-refractivity contribution in [2.45, 2.75) is 18.1 Å². The number of hydrogen-bond donors (Lipinski definition) is 3. The van der Waals surface area contributed by atoms with Gasteiger partial charge in [0.15, 0.2) is 0 Å². The SMILES string of the molecule is O=C(O)c1ccc(Cl)c(OCCCC(S)C(=O)O)c1. The lowest BCUT2D eigenvalue weighted by molar-refractivity contribution is -0.136. The van der Waals surface area contributed by atoms with Crippen molar-refractivity contribution in [2.75, 3.05) is 6.61 Å². The first-order chi connectivity index (χ1) is 8.91. The molecule has 1 rings (SSSR count). The van der Waals surface area contributed by atoms with Gasteiger partial charge in [-0.1, -0.05) is 11.6 Å². The summed E-state index contributed by atoms with van der Waals surface area (Å²) in [4.78, 5) is 21.3. The van der Waals surface area contributed by atoms with Crippen LogP contribution in [-0.4, -0.2) is 34.0 Å². The second-order valence-corrected chi connectivity index (χ2v) is 4.83. The standard InChI is InChI=1S/C12H13ClO5S/c13-8-4-3-7(11(14)15)6-9(8)18-5-1-2-10(19)12(16)17/h3-4,6,10,19H,1-2,5H2,(H,14,15)(H,16,17). The molecule has 0 aliphatic carbocycles. The molecule has 1 unspecified atom stereocenters. The monoisotopic (exact) mass is 304 g/mol. The van der Waals surface area contributed by atoms with Gasteiger partial charge >= 0.3 is 11.9 Å². The molecular formula is C12H13ClO5S. The van der Waals surface area contributed by atoms with Gasteiger partial charge in [-0.15, -0.1) is 0 Å². The number of benzene rings is 1. The average molecular weight is 305 g/mol. The molecule has 5 nitrogen and oxygen atoms in total. The lowest BCUT2D eigenvalue weighted by Gasteiger charge is -2.09. The Labute approximate surface area is 120 Å². The summed E-state index contributed by atoms with van der Waals surface area (Å²) in [5.41, 5.74) is 0.0806. The van der Waals surface area contributed by atoms with Gasteiger partial charge in [-0.2, -0.15) is 12.6 Å². The zero-order valence-corrected chi connectivity index (χ0v) is 11.5. The van der Waals surface area contributed by atoms with Crippen LogP contribution >= 0.6 is 24.2 Å². The minimum absolute atomic E-state index is 0.0806. The minimum atomic E-state index is -1.07. The van der Waals surface area contributed by atoms with Crippen LogP contribution in [0.25, 0.3) is 0 Å². The lowest BCUT2D eigenvalue weighted by atomic mass is 10.2. The summed E-state index contributed by atoms with van der Waals surface area (Å²) in [6, 6.07) is 4.16. The second kappa shape index (κ2) is 7.25. The van der Waals surface area contributed by atoms with Crippen molar-refractivity contribution in [2.24, 2.45) is 0 Å². The maximum atomic E-state index is 10.8. The Morgan fingerprint density at radius 3 is 2.63 bits per heavy atom. The Morgan fingerprint density at radius 1 is 1.37 bits per heavy atom. The van der Waals surface area contributed by atoms with E-state index in [0.717, 1.165) is 0 Å². The summed E-state index contributed by atoms with van der Waals surface area (Å²) in [7, 11) is 0. The molecule has 0 bridgehead atoms. The summed E-state index contributed by atoms with van der Waals surface area (Å²) < 4.78 is 5.34. The van der Waals surface area contributed by atoms with Crippen LogP contribution in [0.5, 0.6) is 5.75 Å². The van der Waals surface area contributed by atoms with Gasteiger partial charge in [-0.05, 0) is 31.0 Å². The minimum Gasteiger partial charge on any atom is -0.492 e. The van der Waals surface area contributed by atoms with Gasteiger partial charge < -0.3 is 14.9 Å². The molecule has 2 N–H and O–H groups in total. The normalized spacial score (nSPS) is 11.9. The zero-order valence-electron chi connectivity index (χ0n) is 9.88. The summed E-state index contributed by atoms with van der Waals surface area (Å²) >= 11 is 9.76.